The Hall–Kier alpha value is -2.86. The van der Waals surface area contributed by atoms with Crippen LogP contribution in [0.25, 0.3) is 0 Å². The van der Waals surface area contributed by atoms with Gasteiger partial charge >= 0.3 is 5.97 Å². The van der Waals surface area contributed by atoms with Gasteiger partial charge in [-0.15, -0.1) is 0 Å². The minimum Gasteiger partial charge on any atom is -0.480 e. The normalized spacial score (nSPS) is 10.2. The van der Waals surface area contributed by atoms with Crippen LogP contribution >= 0.6 is 11.6 Å². The first-order valence-electron chi connectivity index (χ1n) is 8.36. The van der Waals surface area contributed by atoms with Gasteiger partial charge in [-0.05, 0) is 48.9 Å². The van der Waals surface area contributed by atoms with Crippen molar-refractivity contribution in [3.05, 3.63) is 58.6 Å². The fraction of sp³-hybridized carbons (Fsp3) is 0.250. The SMILES string of the molecule is CCC(=O)Nc1ccc(C(=O)COC(=O)COc2cc(C)ccc2Cl)cc1. The van der Waals surface area contributed by atoms with Crippen LogP contribution in [-0.4, -0.2) is 30.9 Å². The van der Waals surface area contributed by atoms with Crippen LogP contribution in [0, 0.1) is 6.92 Å². The lowest BCUT2D eigenvalue weighted by atomic mass is 10.1. The molecule has 0 aliphatic rings. The number of anilines is 1. The molecular formula is C20H20ClNO5. The number of hydrogen-bond donors (Lipinski definition) is 1. The molecule has 0 fully saturated rings. The minimum atomic E-state index is -0.673. The Morgan fingerprint density at radius 3 is 2.41 bits per heavy atom. The van der Waals surface area contributed by atoms with E-state index >= 15 is 0 Å². The number of halogens is 1. The number of esters is 1. The van der Waals surface area contributed by atoms with Gasteiger partial charge in [0.1, 0.15) is 5.75 Å². The van der Waals surface area contributed by atoms with E-state index < -0.39 is 12.6 Å². The summed E-state index contributed by atoms with van der Waals surface area (Å²) in [5.41, 5.74) is 1.91. The van der Waals surface area contributed by atoms with Crippen LogP contribution < -0.4 is 10.1 Å². The van der Waals surface area contributed by atoms with Gasteiger partial charge in [0, 0.05) is 17.7 Å². The number of Topliss-reactive ketones (excluding diaryl/α,β-unsaturated/α-hetero) is 1. The van der Waals surface area contributed by atoms with Crippen LogP contribution in [0.4, 0.5) is 5.69 Å². The average molecular weight is 390 g/mol. The van der Waals surface area contributed by atoms with E-state index in [-0.39, 0.29) is 18.3 Å². The first kappa shape index (κ1) is 20.5. The molecule has 7 heteroatoms. The van der Waals surface area contributed by atoms with Crippen molar-refractivity contribution in [1.82, 2.24) is 0 Å². The summed E-state index contributed by atoms with van der Waals surface area (Å²) in [4.78, 5) is 35.2. The molecule has 0 aliphatic carbocycles. The molecule has 0 heterocycles. The van der Waals surface area contributed by atoms with Crippen molar-refractivity contribution in [3.63, 3.8) is 0 Å². The van der Waals surface area contributed by atoms with E-state index in [1.165, 1.54) is 0 Å². The summed E-state index contributed by atoms with van der Waals surface area (Å²) in [6, 6.07) is 11.6. The monoisotopic (exact) mass is 389 g/mol. The molecule has 1 N–H and O–H groups in total. The van der Waals surface area contributed by atoms with Crippen LogP contribution in [0.1, 0.15) is 29.3 Å². The number of ether oxygens (including phenoxy) is 2. The zero-order valence-electron chi connectivity index (χ0n) is 15.1. The number of nitrogens with one attached hydrogen (secondary N) is 1. The first-order valence-corrected chi connectivity index (χ1v) is 8.74. The van der Waals surface area contributed by atoms with Gasteiger partial charge in [0.25, 0.3) is 0 Å². The number of benzene rings is 2. The third-order valence-corrected chi connectivity index (χ3v) is 3.92. The molecule has 0 saturated heterocycles. The molecule has 1 amide bonds. The molecule has 0 aliphatic heterocycles. The highest BCUT2D eigenvalue weighted by Gasteiger charge is 2.12. The second-order valence-electron chi connectivity index (χ2n) is 5.79. The largest absolute Gasteiger partial charge is 0.480 e. The van der Waals surface area contributed by atoms with Gasteiger partial charge < -0.3 is 14.8 Å². The topological polar surface area (TPSA) is 81.7 Å². The van der Waals surface area contributed by atoms with E-state index in [1.807, 2.05) is 13.0 Å². The van der Waals surface area contributed by atoms with E-state index in [1.54, 1.807) is 43.3 Å². The van der Waals surface area contributed by atoms with Crippen molar-refractivity contribution in [1.29, 1.82) is 0 Å². The highest BCUT2D eigenvalue weighted by Crippen LogP contribution is 2.25. The Balaban J connectivity index is 1.81. The van der Waals surface area contributed by atoms with Crippen LogP contribution in [0.3, 0.4) is 0 Å². The Bertz CT molecular complexity index is 833. The van der Waals surface area contributed by atoms with Crippen molar-refractivity contribution in [3.8, 4) is 5.75 Å². The maximum absolute atomic E-state index is 12.1. The van der Waals surface area contributed by atoms with E-state index in [2.05, 4.69) is 5.32 Å². The number of ketones is 1. The van der Waals surface area contributed by atoms with Crippen molar-refractivity contribution < 1.29 is 23.9 Å². The van der Waals surface area contributed by atoms with Crippen LogP contribution in [0.5, 0.6) is 5.75 Å². The van der Waals surface area contributed by atoms with E-state index in [4.69, 9.17) is 21.1 Å². The van der Waals surface area contributed by atoms with Crippen molar-refractivity contribution in [2.24, 2.45) is 0 Å². The lowest BCUT2D eigenvalue weighted by molar-refractivity contribution is -0.144. The van der Waals surface area contributed by atoms with Gasteiger partial charge in [-0.1, -0.05) is 24.6 Å². The summed E-state index contributed by atoms with van der Waals surface area (Å²) in [5.74, 6) is -0.764. The van der Waals surface area contributed by atoms with Gasteiger partial charge in [-0.2, -0.15) is 0 Å². The molecule has 6 nitrogen and oxygen atoms in total. The van der Waals surface area contributed by atoms with Gasteiger partial charge in [-0.25, -0.2) is 4.79 Å². The molecule has 0 unspecified atom stereocenters. The van der Waals surface area contributed by atoms with Crippen molar-refractivity contribution >= 4 is 34.9 Å². The third kappa shape index (κ3) is 6.42. The lowest BCUT2D eigenvalue weighted by Crippen LogP contribution is -2.19. The summed E-state index contributed by atoms with van der Waals surface area (Å²) in [7, 11) is 0. The summed E-state index contributed by atoms with van der Waals surface area (Å²) in [6.07, 6.45) is 0.368. The van der Waals surface area contributed by atoms with Gasteiger partial charge in [0.15, 0.2) is 19.0 Å². The molecule has 0 spiro atoms. The van der Waals surface area contributed by atoms with E-state index in [0.29, 0.717) is 28.4 Å². The van der Waals surface area contributed by atoms with E-state index in [9.17, 15) is 14.4 Å². The van der Waals surface area contributed by atoms with Crippen molar-refractivity contribution in [2.75, 3.05) is 18.5 Å². The molecule has 0 bridgehead atoms. The molecule has 0 aromatic heterocycles. The number of carbonyl (C=O) groups excluding carboxylic acids is 3. The van der Waals surface area contributed by atoms with Crippen LogP contribution in [-0.2, 0) is 14.3 Å². The number of aryl methyl sites for hydroxylation is 1. The summed E-state index contributed by atoms with van der Waals surface area (Å²) >= 11 is 5.98. The van der Waals surface area contributed by atoms with E-state index in [0.717, 1.165) is 5.56 Å². The van der Waals surface area contributed by atoms with Gasteiger partial charge in [-0.3, -0.25) is 9.59 Å². The molecule has 2 aromatic carbocycles. The van der Waals surface area contributed by atoms with Crippen molar-refractivity contribution in [2.45, 2.75) is 20.3 Å². The average Bonchev–Trinajstić information content (AvgIpc) is 2.67. The summed E-state index contributed by atoms with van der Waals surface area (Å²) in [5, 5.41) is 3.07. The molecule has 0 saturated carbocycles. The number of amides is 1. The van der Waals surface area contributed by atoms with Gasteiger partial charge in [0.2, 0.25) is 5.91 Å². The maximum atomic E-state index is 12.1. The molecular weight excluding hydrogens is 370 g/mol. The Kier molecular flexibility index (Phi) is 7.37. The quantitative estimate of drug-likeness (QED) is 0.548. The number of rotatable bonds is 8. The standard InChI is InChI=1S/C20H20ClNO5/c1-3-19(24)22-15-7-5-14(6-8-15)17(23)11-27-20(25)12-26-18-10-13(2)4-9-16(18)21/h4-10H,3,11-12H2,1-2H3,(H,22,24). The molecule has 0 atom stereocenters. The molecule has 2 aromatic rings. The maximum Gasteiger partial charge on any atom is 0.344 e. The number of hydrogen-bond acceptors (Lipinski definition) is 5. The van der Waals surface area contributed by atoms with Crippen LogP contribution in [0.15, 0.2) is 42.5 Å². The fourth-order valence-corrected chi connectivity index (χ4v) is 2.29. The molecule has 0 radical (unpaired) electrons. The zero-order valence-corrected chi connectivity index (χ0v) is 15.8. The highest BCUT2D eigenvalue weighted by atomic mass is 35.5. The Morgan fingerprint density at radius 1 is 1.04 bits per heavy atom. The second kappa shape index (κ2) is 9.73. The smallest absolute Gasteiger partial charge is 0.344 e. The second-order valence-corrected chi connectivity index (χ2v) is 6.19. The van der Waals surface area contributed by atoms with Gasteiger partial charge in [0.05, 0.1) is 5.02 Å². The fourth-order valence-electron chi connectivity index (χ4n) is 2.12. The predicted octanol–water partition coefficient (Wildman–Crippen LogP) is 3.80. The molecule has 2 rings (SSSR count). The molecule has 142 valence electrons. The lowest BCUT2D eigenvalue weighted by Gasteiger charge is -2.09. The zero-order chi connectivity index (χ0) is 19.8. The third-order valence-electron chi connectivity index (χ3n) is 3.61. The first-order chi connectivity index (χ1) is 12.9. The Morgan fingerprint density at radius 2 is 1.74 bits per heavy atom. The predicted molar refractivity (Wildman–Crippen MR) is 102 cm³/mol. The number of carbonyl (C=O) groups is 3. The highest BCUT2D eigenvalue weighted by molar-refractivity contribution is 6.32. The summed E-state index contributed by atoms with van der Waals surface area (Å²) in [6.45, 7) is 2.88. The minimum absolute atomic E-state index is 0.114. The van der Waals surface area contributed by atoms with Crippen LogP contribution in [0.2, 0.25) is 5.02 Å². The summed E-state index contributed by atoms with van der Waals surface area (Å²) < 4.78 is 10.3. The Labute approximate surface area is 162 Å². The molecule has 27 heavy (non-hydrogen) atoms.